The smallest absolute Gasteiger partial charge is 0.255 e. The largest absolute Gasteiger partial charge is 0.507 e. The van der Waals surface area contributed by atoms with E-state index in [0.29, 0.717) is 18.0 Å². The number of rotatable bonds is 5. The van der Waals surface area contributed by atoms with Crippen molar-refractivity contribution in [3.8, 4) is 11.5 Å². The van der Waals surface area contributed by atoms with Crippen molar-refractivity contribution >= 4 is 27.5 Å². The average Bonchev–Trinajstić information content (AvgIpc) is 2.47. The SMILES string of the molecule is Nc1ccccc1OCCNC(=O)c1cc(Br)ccc1O. The molecule has 21 heavy (non-hydrogen) atoms. The van der Waals surface area contributed by atoms with Gasteiger partial charge in [0.25, 0.3) is 5.91 Å². The van der Waals surface area contributed by atoms with Crippen LogP contribution in [0.2, 0.25) is 0 Å². The Morgan fingerprint density at radius 1 is 1.29 bits per heavy atom. The van der Waals surface area contributed by atoms with Gasteiger partial charge in [0, 0.05) is 4.47 Å². The fourth-order valence-electron chi connectivity index (χ4n) is 1.72. The fraction of sp³-hybridized carbons (Fsp3) is 0.133. The first-order valence-electron chi connectivity index (χ1n) is 6.32. The van der Waals surface area contributed by atoms with Crippen LogP contribution in [0.25, 0.3) is 0 Å². The molecule has 0 spiro atoms. The topological polar surface area (TPSA) is 84.6 Å². The Bertz CT molecular complexity index is 647. The van der Waals surface area contributed by atoms with E-state index >= 15 is 0 Å². The third kappa shape index (κ3) is 4.13. The van der Waals surface area contributed by atoms with Crippen molar-refractivity contribution < 1.29 is 14.6 Å². The number of para-hydroxylation sites is 2. The maximum atomic E-state index is 11.9. The number of phenolic OH excluding ortho intramolecular Hbond substituents is 1. The minimum absolute atomic E-state index is 0.0658. The number of carbonyl (C=O) groups is 1. The Balaban J connectivity index is 1.85. The quantitative estimate of drug-likeness (QED) is 0.571. The summed E-state index contributed by atoms with van der Waals surface area (Å²) in [5.74, 6) is 0.152. The molecule has 0 unspecified atom stereocenters. The van der Waals surface area contributed by atoms with Crippen molar-refractivity contribution in [1.29, 1.82) is 0 Å². The van der Waals surface area contributed by atoms with Crippen LogP contribution >= 0.6 is 15.9 Å². The van der Waals surface area contributed by atoms with E-state index in [1.165, 1.54) is 6.07 Å². The van der Waals surface area contributed by atoms with Crippen LogP contribution in [-0.2, 0) is 0 Å². The standard InChI is InChI=1S/C15H15BrN2O3/c16-10-5-6-13(19)11(9-10)15(20)18-7-8-21-14-4-2-1-3-12(14)17/h1-6,9,19H,7-8,17H2,(H,18,20). The van der Waals surface area contributed by atoms with E-state index in [2.05, 4.69) is 21.2 Å². The Hall–Kier alpha value is -2.21. The summed E-state index contributed by atoms with van der Waals surface area (Å²) in [6.07, 6.45) is 0. The predicted molar refractivity (Wildman–Crippen MR) is 84.5 cm³/mol. The summed E-state index contributed by atoms with van der Waals surface area (Å²) >= 11 is 3.26. The van der Waals surface area contributed by atoms with Crippen molar-refractivity contribution in [1.82, 2.24) is 5.32 Å². The van der Waals surface area contributed by atoms with E-state index in [0.717, 1.165) is 4.47 Å². The van der Waals surface area contributed by atoms with Gasteiger partial charge >= 0.3 is 0 Å². The summed E-state index contributed by atoms with van der Waals surface area (Å²) in [6, 6.07) is 11.8. The number of nitrogen functional groups attached to an aromatic ring is 1. The number of aromatic hydroxyl groups is 1. The molecule has 2 rings (SSSR count). The van der Waals surface area contributed by atoms with E-state index < -0.39 is 0 Å². The molecule has 110 valence electrons. The molecule has 0 saturated carbocycles. The molecule has 2 aromatic carbocycles. The van der Waals surface area contributed by atoms with Crippen molar-refractivity contribution in [2.24, 2.45) is 0 Å². The summed E-state index contributed by atoms with van der Waals surface area (Å²) in [6.45, 7) is 0.591. The van der Waals surface area contributed by atoms with E-state index in [4.69, 9.17) is 10.5 Å². The second-order valence-electron chi connectivity index (χ2n) is 4.30. The van der Waals surface area contributed by atoms with Gasteiger partial charge in [0.15, 0.2) is 0 Å². The van der Waals surface area contributed by atoms with Crippen LogP contribution in [0.3, 0.4) is 0 Å². The Morgan fingerprint density at radius 3 is 2.81 bits per heavy atom. The molecule has 0 aliphatic rings. The van der Waals surface area contributed by atoms with E-state index in [1.807, 2.05) is 12.1 Å². The summed E-state index contributed by atoms with van der Waals surface area (Å²) in [5.41, 5.74) is 6.50. The van der Waals surface area contributed by atoms with Gasteiger partial charge in [0.2, 0.25) is 0 Å². The van der Waals surface area contributed by atoms with Gasteiger partial charge in [-0.2, -0.15) is 0 Å². The maximum absolute atomic E-state index is 11.9. The number of amides is 1. The lowest BCUT2D eigenvalue weighted by atomic mass is 10.2. The molecule has 0 saturated heterocycles. The number of anilines is 1. The van der Waals surface area contributed by atoms with Gasteiger partial charge in [-0.15, -0.1) is 0 Å². The Morgan fingerprint density at radius 2 is 2.05 bits per heavy atom. The number of ether oxygens (including phenoxy) is 1. The van der Waals surface area contributed by atoms with E-state index in [1.54, 1.807) is 24.3 Å². The number of phenols is 1. The van der Waals surface area contributed by atoms with E-state index in [-0.39, 0.29) is 23.8 Å². The molecule has 1 amide bonds. The highest BCUT2D eigenvalue weighted by atomic mass is 79.9. The number of nitrogens with one attached hydrogen (secondary N) is 1. The number of hydrogen-bond acceptors (Lipinski definition) is 4. The molecule has 2 aromatic rings. The van der Waals surface area contributed by atoms with Crippen LogP contribution in [0.4, 0.5) is 5.69 Å². The third-order valence-corrected chi connectivity index (χ3v) is 3.26. The summed E-state index contributed by atoms with van der Waals surface area (Å²) < 4.78 is 6.19. The van der Waals surface area contributed by atoms with Crippen molar-refractivity contribution in [3.05, 3.63) is 52.5 Å². The summed E-state index contributed by atoms with van der Waals surface area (Å²) in [4.78, 5) is 11.9. The van der Waals surface area contributed by atoms with Crippen LogP contribution in [0.1, 0.15) is 10.4 Å². The third-order valence-electron chi connectivity index (χ3n) is 2.77. The molecule has 0 aliphatic carbocycles. The lowest BCUT2D eigenvalue weighted by Crippen LogP contribution is -2.28. The molecule has 6 heteroatoms. The van der Waals surface area contributed by atoms with Gasteiger partial charge in [-0.25, -0.2) is 0 Å². The molecule has 0 aliphatic heterocycles. The second kappa shape index (κ2) is 6.99. The highest BCUT2D eigenvalue weighted by Crippen LogP contribution is 2.22. The van der Waals surface area contributed by atoms with Crippen molar-refractivity contribution in [2.75, 3.05) is 18.9 Å². The number of halogens is 1. The fourth-order valence-corrected chi connectivity index (χ4v) is 2.08. The van der Waals surface area contributed by atoms with Gasteiger partial charge < -0.3 is 20.9 Å². The van der Waals surface area contributed by atoms with E-state index in [9.17, 15) is 9.90 Å². The van der Waals surface area contributed by atoms with Gasteiger partial charge in [-0.05, 0) is 30.3 Å². The van der Waals surface area contributed by atoms with Gasteiger partial charge in [-0.1, -0.05) is 28.1 Å². The molecule has 0 atom stereocenters. The molecule has 0 radical (unpaired) electrons. The average molecular weight is 351 g/mol. The van der Waals surface area contributed by atoms with Crippen molar-refractivity contribution in [3.63, 3.8) is 0 Å². The van der Waals surface area contributed by atoms with Crippen LogP contribution in [-0.4, -0.2) is 24.2 Å². The Kier molecular flexibility index (Phi) is 5.05. The molecule has 0 heterocycles. The maximum Gasteiger partial charge on any atom is 0.255 e. The zero-order valence-electron chi connectivity index (χ0n) is 11.2. The number of benzene rings is 2. The van der Waals surface area contributed by atoms with Gasteiger partial charge in [0.1, 0.15) is 18.1 Å². The van der Waals surface area contributed by atoms with Crippen LogP contribution in [0.15, 0.2) is 46.9 Å². The van der Waals surface area contributed by atoms with Crippen molar-refractivity contribution in [2.45, 2.75) is 0 Å². The van der Waals surface area contributed by atoms with Crippen LogP contribution in [0.5, 0.6) is 11.5 Å². The molecular formula is C15H15BrN2O3. The normalized spacial score (nSPS) is 10.1. The molecular weight excluding hydrogens is 336 g/mol. The van der Waals surface area contributed by atoms with Crippen LogP contribution in [0, 0.1) is 0 Å². The first kappa shape index (κ1) is 15.2. The highest BCUT2D eigenvalue weighted by molar-refractivity contribution is 9.10. The molecule has 0 aromatic heterocycles. The first-order valence-corrected chi connectivity index (χ1v) is 7.11. The number of carbonyl (C=O) groups excluding carboxylic acids is 1. The minimum atomic E-state index is -0.363. The summed E-state index contributed by atoms with van der Waals surface area (Å²) in [7, 11) is 0. The molecule has 0 bridgehead atoms. The lowest BCUT2D eigenvalue weighted by Gasteiger charge is -2.10. The summed E-state index contributed by atoms with van der Waals surface area (Å²) in [5, 5.41) is 12.3. The Labute approximate surface area is 130 Å². The van der Waals surface area contributed by atoms with Gasteiger partial charge in [-0.3, -0.25) is 4.79 Å². The first-order chi connectivity index (χ1) is 10.1. The minimum Gasteiger partial charge on any atom is -0.507 e. The monoisotopic (exact) mass is 350 g/mol. The van der Waals surface area contributed by atoms with Crippen LogP contribution < -0.4 is 15.8 Å². The predicted octanol–water partition coefficient (Wildman–Crippen LogP) is 2.55. The zero-order valence-corrected chi connectivity index (χ0v) is 12.8. The van der Waals surface area contributed by atoms with Gasteiger partial charge in [0.05, 0.1) is 17.8 Å². The molecule has 4 N–H and O–H groups in total. The zero-order chi connectivity index (χ0) is 15.2. The lowest BCUT2D eigenvalue weighted by molar-refractivity contribution is 0.0944. The molecule has 5 nitrogen and oxygen atoms in total. The molecule has 0 fully saturated rings. The second-order valence-corrected chi connectivity index (χ2v) is 5.22. The number of hydrogen-bond donors (Lipinski definition) is 3. The number of nitrogens with two attached hydrogens (primary N) is 1. The highest BCUT2D eigenvalue weighted by Gasteiger charge is 2.11.